The third-order valence-electron chi connectivity index (χ3n) is 1.60. The van der Waals surface area contributed by atoms with E-state index in [1.54, 1.807) is 0 Å². The van der Waals surface area contributed by atoms with E-state index >= 15 is 0 Å². The van der Waals surface area contributed by atoms with Crippen molar-refractivity contribution < 1.29 is 14.7 Å². The lowest BCUT2D eigenvalue weighted by atomic mass is 10.3. The lowest BCUT2D eigenvalue weighted by Gasteiger charge is -1.99. The largest absolute Gasteiger partial charge is 0.476 e. The summed E-state index contributed by atoms with van der Waals surface area (Å²) in [5.74, 6) is -1.36. The van der Waals surface area contributed by atoms with Gasteiger partial charge >= 0.3 is 5.97 Å². The summed E-state index contributed by atoms with van der Waals surface area (Å²) in [4.78, 5) is 21.3. The smallest absolute Gasteiger partial charge is 0.356 e. The maximum Gasteiger partial charge on any atom is 0.356 e. The molecule has 0 aliphatic rings. The van der Waals surface area contributed by atoms with Crippen LogP contribution in [0.3, 0.4) is 0 Å². The molecule has 7 heteroatoms. The highest BCUT2D eigenvalue weighted by Gasteiger charge is 2.17. The Labute approximate surface area is 79.7 Å². The van der Waals surface area contributed by atoms with Crippen LogP contribution >= 0.6 is 0 Å². The van der Waals surface area contributed by atoms with Crippen LogP contribution in [0.5, 0.6) is 0 Å². The third kappa shape index (κ3) is 2.06. The maximum absolute atomic E-state index is 10.7. The summed E-state index contributed by atoms with van der Waals surface area (Å²) >= 11 is 0. The molecular weight excluding hydrogens is 188 g/mol. The van der Waals surface area contributed by atoms with Crippen molar-refractivity contribution >= 4 is 11.9 Å². The minimum Gasteiger partial charge on any atom is -0.476 e. The highest BCUT2D eigenvalue weighted by molar-refractivity contribution is 5.86. The van der Waals surface area contributed by atoms with Crippen LogP contribution in [0.25, 0.3) is 0 Å². The average molecular weight is 198 g/mol. The predicted octanol–water partition coefficient (Wildman–Crippen LogP) is -0.851. The first kappa shape index (κ1) is 10.2. The molecule has 14 heavy (non-hydrogen) atoms. The Kier molecular flexibility index (Phi) is 2.80. The zero-order chi connectivity index (χ0) is 10.7. The molecule has 0 atom stereocenters. The van der Waals surface area contributed by atoms with Gasteiger partial charge in [0.1, 0.15) is 5.69 Å². The summed E-state index contributed by atoms with van der Waals surface area (Å²) in [6.07, 6.45) is 0. The highest BCUT2D eigenvalue weighted by Crippen LogP contribution is 2.03. The van der Waals surface area contributed by atoms with E-state index < -0.39 is 5.97 Å². The summed E-state index contributed by atoms with van der Waals surface area (Å²) in [5, 5.41) is 18.4. The number of aromatic nitrogens is 3. The number of hydrogen-bond acceptors (Lipinski definition) is 4. The van der Waals surface area contributed by atoms with Gasteiger partial charge < -0.3 is 10.4 Å². The van der Waals surface area contributed by atoms with Crippen LogP contribution in [-0.4, -0.2) is 32.0 Å². The molecule has 1 heterocycles. The number of hydrogen-bond donors (Lipinski definition) is 2. The van der Waals surface area contributed by atoms with Gasteiger partial charge in [0.2, 0.25) is 5.91 Å². The Morgan fingerprint density at radius 2 is 2.21 bits per heavy atom. The Morgan fingerprint density at radius 1 is 1.57 bits per heavy atom. The Bertz CT molecular complexity index is 371. The van der Waals surface area contributed by atoms with E-state index in [0.29, 0.717) is 0 Å². The molecule has 0 saturated carbocycles. The van der Waals surface area contributed by atoms with Gasteiger partial charge in [-0.05, 0) is 0 Å². The normalized spacial score (nSPS) is 9.86. The van der Waals surface area contributed by atoms with Gasteiger partial charge in [-0.1, -0.05) is 5.21 Å². The summed E-state index contributed by atoms with van der Waals surface area (Å²) in [6, 6.07) is 0. The summed E-state index contributed by atoms with van der Waals surface area (Å²) in [7, 11) is 1.48. The second kappa shape index (κ2) is 3.86. The molecule has 0 bridgehead atoms. The number of amides is 1. The third-order valence-corrected chi connectivity index (χ3v) is 1.60. The lowest BCUT2D eigenvalue weighted by molar-refractivity contribution is -0.119. The Balaban J connectivity index is 2.86. The number of carbonyl (C=O) groups excluding carboxylic acids is 1. The molecule has 1 aromatic rings. The van der Waals surface area contributed by atoms with Crippen molar-refractivity contribution in [2.75, 3.05) is 0 Å². The molecule has 1 aromatic heterocycles. The van der Waals surface area contributed by atoms with Crippen molar-refractivity contribution in [2.45, 2.75) is 13.5 Å². The van der Waals surface area contributed by atoms with Crippen LogP contribution in [0, 0.1) is 0 Å². The fourth-order valence-corrected chi connectivity index (χ4v) is 0.989. The molecule has 0 aliphatic carbocycles. The first-order valence-electron chi connectivity index (χ1n) is 3.88. The molecule has 0 unspecified atom stereocenters. The summed E-state index contributed by atoms with van der Waals surface area (Å²) < 4.78 is 1.15. The van der Waals surface area contributed by atoms with Gasteiger partial charge in [-0.2, -0.15) is 0 Å². The van der Waals surface area contributed by atoms with E-state index in [0.717, 1.165) is 4.68 Å². The van der Waals surface area contributed by atoms with Crippen LogP contribution in [0.15, 0.2) is 0 Å². The molecule has 0 aromatic carbocycles. The lowest BCUT2D eigenvalue weighted by Crippen LogP contribution is -2.21. The van der Waals surface area contributed by atoms with Crippen molar-refractivity contribution in [1.29, 1.82) is 0 Å². The number of nitrogens with zero attached hydrogens (tertiary/aromatic N) is 3. The van der Waals surface area contributed by atoms with E-state index in [-0.39, 0.29) is 23.8 Å². The average Bonchev–Trinajstić information content (AvgIpc) is 2.43. The number of carboxylic acids is 1. The monoisotopic (exact) mass is 198 g/mol. The van der Waals surface area contributed by atoms with Gasteiger partial charge in [-0.15, -0.1) is 5.10 Å². The number of carboxylic acid groups (broad SMARTS) is 1. The number of aryl methyl sites for hydroxylation is 1. The van der Waals surface area contributed by atoms with Crippen LogP contribution in [0.1, 0.15) is 23.1 Å². The van der Waals surface area contributed by atoms with E-state index in [2.05, 4.69) is 15.6 Å². The van der Waals surface area contributed by atoms with E-state index in [4.69, 9.17) is 5.11 Å². The molecule has 1 rings (SSSR count). The molecule has 2 N–H and O–H groups in total. The second-order valence-corrected chi connectivity index (χ2v) is 2.72. The van der Waals surface area contributed by atoms with E-state index in [1.165, 1.54) is 14.0 Å². The quantitative estimate of drug-likeness (QED) is 0.659. The molecule has 0 aliphatic heterocycles. The van der Waals surface area contributed by atoms with Crippen molar-refractivity contribution in [1.82, 2.24) is 20.3 Å². The molecule has 0 saturated heterocycles. The zero-order valence-corrected chi connectivity index (χ0v) is 7.81. The van der Waals surface area contributed by atoms with Gasteiger partial charge in [0.15, 0.2) is 5.69 Å². The van der Waals surface area contributed by atoms with Crippen LogP contribution < -0.4 is 5.32 Å². The maximum atomic E-state index is 10.7. The Hall–Kier alpha value is -1.92. The number of nitrogens with one attached hydrogen (secondary N) is 1. The van der Waals surface area contributed by atoms with Crippen molar-refractivity contribution in [3.8, 4) is 0 Å². The summed E-state index contributed by atoms with van der Waals surface area (Å²) in [5.41, 5.74) is 0.231. The SMILES string of the molecule is CC(=O)NCc1nnn(C)c1C(=O)O. The number of aromatic carboxylic acids is 1. The highest BCUT2D eigenvalue weighted by atomic mass is 16.4. The van der Waals surface area contributed by atoms with Gasteiger partial charge in [0, 0.05) is 14.0 Å². The van der Waals surface area contributed by atoms with Crippen molar-refractivity contribution in [3.05, 3.63) is 11.4 Å². The van der Waals surface area contributed by atoms with Gasteiger partial charge in [-0.3, -0.25) is 4.79 Å². The van der Waals surface area contributed by atoms with E-state index in [1.807, 2.05) is 0 Å². The minimum absolute atomic E-state index is 0.0150. The second-order valence-electron chi connectivity index (χ2n) is 2.72. The van der Waals surface area contributed by atoms with Gasteiger partial charge in [0.05, 0.1) is 6.54 Å². The Morgan fingerprint density at radius 3 is 2.71 bits per heavy atom. The molecule has 7 nitrogen and oxygen atoms in total. The zero-order valence-electron chi connectivity index (χ0n) is 7.81. The molecule has 1 amide bonds. The molecular formula is C7H10N4O3. The van der Waals surface area contributed by atoms with Crippen molar-refractivity contribution in [2.24, 2.45) is 7.05 Å². The van der Waals surface area contributed by atoms with Crippen LogP contribution in [0.4, 0.5) is 0 Å². The standard InChI is InChI=1S/C7H10N4O3/c1-4(12)8-3-5-6(7(13)14)11(2)10-9-5/h3H2,1-2H3,(H,8,12)(H,13,14). The van der Waals surface area contributed by atoms with Gasteiger partial charge in [0.25, 0.3) is 0 Å². The summed E-state index contributed by atoms with van der Waals surface area (Å²) in [6.45, 7) is 1.42. The van der Waals surface area contributed by atoms with Crippen LogP contribution in [0.2, 0.25) is 0 Å². The van der Waals surface area contributed by atoms with E-state index in [9.17, 15) is 9.59 Å². The first-order chi connectivity index (χ1) is 6.52. The topological polar surface area (TPSA) is 97.1 Å². The molecule has 76 valence electrons. The fraction of sp³-hybridized carbons (Fsp3) is 0.429. The number of carbonyl (C=O) groups is 2. The minimum atomic E-state index is -1.11. The number of rotatable bonds is 3. The first-order valence-corrected chi connectivity index (χ1v) is 3.88. The molecule has 0 fully saturated rings. The molecule has 0 spiro atoms. The van der Waals surface area contributed by atoms with Crippen molar-refractivity contribution in [3.63, 3.8) is 0 Å². The predicted molar refractivity (Wildman–Crippen MR) is 45.5 cm³/mol. The fourth-order valence-electron chi connectivity index (χ4n) is 0.989. The molecule has 0 radical (unpaired) electrons. The van der Waals surface area contributed by atoms with Crippen LogP contribution in [-0.2, 0) is 18.4 Å². The van der Waals surface area contributed by atoms with Gasteiger partial charge in [-0.25, -0.2) is 9.48 Å².